The quantitative estimate of drug-likeness (QED) is 0.881. The average molecular weight is 253 g/mol. The zero-order chi connectivity index (χ0) is 13.3. The first-order valence-corrected chi connectivity index (χ1v) is 6.21. The molecule has 2 unspecified atom stereocenters. The predicted octanol–water partition coefficient (Wildman–Crippen LogP) is 2.98. The normalized spacial score (nSPS) is 23.5. The second kappa shape index (κ2) is 5.04. The van der Waals surface area contributed by atoms with Gasteiger partial charge in [0, 0.05) is 24.4 Å². The van der Waals surface area contributed by atoms with Gasteiger partial charge in [-0.3, -0.25) is 4.79 Å². The number of benzene rings is 1. The zero-order valence-electron chi connectivity index (χ0n) is 10.5. The summed E-state index contributed by atoms with van der Waals surface area (Å²) >= 11 is 0. The van der Waals surface area contributed by atoms with Crippen LogP contribution in [0.25, 0.3) is 0 Å². The van der Waals surface area contributed by atoms with E-state index in [1.807, 2.05) is 0 Å². The lowest BCUT2D eigenvalue weighted by Gasteiger charge is -2.21. The Morgan fingerprint density at radius 2 is 1.89 bits per heavy atom. The summed E-state index contributed by atoms with van der Waals surface area (Å²) in [6.07, 6.45) is 1.12. The summed E-state index contributed by atoms with van der Waals surface area (Å²) in [6.45, 7) is 4.13. The third-order valence-electron chi connectivity index (χ3n) is 3.28. The Balaban J connectivity index is 2.26. The molecule has 1 aliphatic heterocycles. The molecule has 0 aromatic heterocycles. The molecular weight excluding hydrogens is 236 g/mol. The maximum Gasteiger partial charge on any atom is 0.220 e. The van der Waals surface area contributed by atoms with Gasteiger partial charge in [0.15, 0.2) is 0 Å². The van der Waals surface area contributed by atoms with Crippen molar-refractivity contribution in [2.24, 2.45) is 5.92 Å². The molecule has 0 aliphatic carbocycles. The molecule has 0 bridgehead atoms. The Bertz CT molecular complexity index is 439. The molecule has 1 aliphatic rings. The molecule has 1 aromatic carbocycles. The number of halogens is 2. The standard InChI is InChI=1S/C14H17F2NO/c1-8(2)3-13-12(7-14(18)17-13)9-4-10(15)6-11(16)5-9/h4-6,8,12-13H,3,7H2,1-2H3,(H,17,18). The van der Waals surface area contributed by atoms with Gasteiger partial charge in [-0.1, -0.05) is 13.8 Å². The van der Waals surface area contributed by atoms with Crippen molar-refractivity contribution in [3.05, 3.63) is 35.4 Å². The molecule has 1 fully saturated rings. The molecule has 1 heterocycles. The van der Waals surface area contributed by atoms with E-state index in [1.54, 1.807) is 0 Å². The minimum Gasteiger partial charge on any atom is -0.353 e. The molecule has 1 N–H and O–H groups in total. The minimum absolute atomic E-state index is 0.0290. The van der Waals surface area contributed by atoms with Crippen molar-refractivity contribution < 1.29 is 13.6 Å². The zero-order valence-corrected chi connectivity index (χ0v) is 10.5. The molecule has 0 saturated carbocycles. The van der Waals surface area contributed by atoms with Gasteiger partial charge in [-0.25, -0.2) is 8.78 Å². The van der Waals surface area contributed by atoms with Crippen LogP contribution in [0.4, 0.5) is 8.78 Å². The molecule has 0 radical (unpaired) electrons. The Morgan fingerprint density at radius 1 is 1.28 bits per heavy atom. The largest absolute Gasteiger partial charge is 0.353 e. The lowest BCUT2D eigenvalue weighted by atomic mass is 9.87. The van der Waals surface area contributed by atoms with Crippen molar-refractivity contribution in [3.63, 3.8) is 0 Å². The summed E-state index contributed by atoms with van der Waals surface area (Å²) in [7, 11) is 0. The number of carbonyl (C=O) groups excluding carboxylic acids is 1. The molecular formula is C14H17F2NO. The molecule has 2 atom stereocenters. The predicted molar refractivity (Wildman–Crippen MR) is 65.1 cm³/mol. The molecule has 2 nitrogen and oxygen atoms in total. The first-order chi connectivity index (χ1) is 8.45. The van der Waals surface area contributed by atoms with Crippen LogP contribution in [0.15, 0.2) is 18.2 Å². The third kappa shape index (κ3) is 2.86. The molecule has 1 saturated heterocycles. The first-order valence-electron chi connectivity index (χ1n) is 6.21. The molecule has 2 rings (SSSR count). The SMILES string of the molecule is CC(C)CC1NC(=O)CC1c1cc(F)cc(F)c1. The van der Waals surface area contributed by atoms with E-state index in [4.69, 9.17) is 0 Å². The summed E-state index contributed by atoms with van der Waals surface area (Å²) < 4.78 is 26.4. The summed E-state index contributed by atoms with van der Waals surface area (Å²) in [6, 6.07) is 3.46. The fourth-order valence-electron chi connectivity index (χ4n) is 2.58. The van der Waals surface area contributed by atoms with Crippen LogP contribution < -0.4 is 5.32 Å². The van der Waals surface area contributed by atoms with Crippen LogP contribution in [0.2, 0.25) is 0 Å². The van der Waals surface area contributed by atoms with E-state index < -0.39 is 11.6 Å². The van der Waals surface area contributed by atoms with Gasteiger partial charge < -0.3 is 5.32 Å². The van der Waals surface area contributed by atoms with Crippen LogP contribution in [0.5, 0.6) is 0 Å². The van der Waals surface area contributed by atoms with Crippen molar-refractivity contribution in [2.75, 3.05) is 0 Å². The van der Waals surface area contributed by atoms with Gasteiger partial charge in [0.1, 0.15) is 11.6 Å². The van der Waals surface area contributed by atoms with Crippen LogP contribution in [0.1, 0.15) is 38.2 Å². The monoisotopic (exact) mass is 253 g/mol. The van der Waals surface area contributed by atoms with Crippen LogP contribution >= 0.6 is 0 Å². The van der Waals surface area contributed by atoms with Gasteiger partial charge in [-0.2, -0.15) is 0 Å². The van der Waals surface area contributed by atoms with Crippen molar-refractivity contribution in [1.82, 2.24) is 5.32 Å². The van der Waals surface area contributed by atoms with E-state index in [2.05, 4.69) is 19.2 Å². The highest BCUT2D eigenvalue weighted by molar-refractivity contribution is 5.80. The summed E-state index contributed by atoms with van der Waals surface area (Å²) in [5.41, 5.74) is 0.566. The Kier molecular flexibility index (Phi) is 3.64. The highest BCUT2D eigenvalue weighted by Crippen LogP contribution is 2.32. The van der Waals surface area contributed by atoms with Gasteiger partial charge >= 0.3 is 0 Å². The molecule has 1 amide bonds. The van der Waals surface area contributed by atoms with E-state index in [0.717, 1.165) is 12.5 Å². The van der Waals surface area contributed by atoms with Crippen LogP contribution in [0.3, 0.4) is 0 Å². The fraction of sp³-hybridized carbons (Fsp3) is 0.500. The van der Waals surface area contributed by atoms with E-state index in [-0.39, 0.29) is 17.9 Å². The van der Waals surface area contributed by atoms with Crippen LogP contribution in [-0.4, -0.2) is 11.9 Å². The van der Waals surface area contributed by atoms with E-state index in [9.17, 15) is 13.6 Å². The number of hydrogen-bond donors (Lipinski definition) is 1. The maximum absolute atomic E-state index is 13.2. The highest BCUT2D eigenvalue weighted by Gasteiger charge is 2.34. The lowest BCUT2D eigenvalue weighted by Crippen LogP contribution is -2.29. The van der Waals surface area contributed by atoms with Crippen molar-refractivity contribution in [3.8, 4) is 0 Å². The summed E-state index contributed by atoms with van der Waals surface area (Å²) in [4.78, 5) is 11.5. The second-order valence-electron chi connectivity index (χ2n) is 5.32. The lowest BCUT2D eigenvalue weighted by molar-refractivity contribution is -0.119. The molecule has 18 heavy (non-hydrogen) atoms. The highest BCUT2D eigenvalue weighted by atomic mass is 19.1. The number of rotatable bonds is 3. The number of hydrogen-bond acceptors (Lipinski definition) is 1. The van der Waals surface area contributed by atoms with Gasteiger partial charge in [0.25, 0.3) is 0 Å². The van der Waals surface area contributed by atoms with Crippen molar-refractivity contribution in [2.45, 2.75) is 38.6 Å². The molecule has 1 aromatic rings. The topological polar surface area (TPSA) is 29.1 Å². The van der Waals surface area contributed by atoms with E-state index in [0.29, 0.717) is 17.9 Å². The second-order valence-corrected chi connectivity index (χ2v) is 5.32. The summed E-state index contributed by atoms with van der Waals surface area (Å²) in [5, 5.41) is 2.89. The van der Waals surface area contributed by atoms with E-state index in [1.165, 1.54) is 12.1 Å². The maximum atomic E-state index is 13.2. The third-order valence-corrected chi connectivity index (χ3v) is 3.28. The Morgan fingerprint density at radius 3 is 2.44 bits per heavy atom. The van der Waals surface area contributed by atoms with Crippen molar-refractivity contribution >= 4 is 5.91 Å². The van der Waals surface area contributed by atoms with Gasteiger partial charge in [-0.15, -0.1) is 0 Å². The van der Waals surface area contributed by atoms with Gasteiger partial charge in [0.2, 0.25) is 5.91 Å². The first kappa shape index (κ1) is 13.0. The van der Waals surface area contributed by atoms with Gasteiger partial charge in [0.05, 0.1) is 0 Å². The fourth-order valence-corrected chi connectivity index (χ4v) is 2.58. The smallest absolute Gasteiger partial charge is 0.220 e. The minimum atomic E-state index is -0.590. The number of nitrogens with one attached hydrogen (secondary N) is 1. The molecule has 4 heteroatoms. The van der Waals surface area contributed by atoms with E-state index >= 15 is 0 Å². The van der Waals surface area contributed by atoms with Crippen LogP contribution in [-0.2, 0) is 4.79 Å². The average Bonchev–Trinajstić information content (AvgIpc) is 2.56. The Labute approximate surface area is 105 Å². The van der Waals surface area contributed by atoms with Gasteiger partial charge in [-0.05, 0) is 30.0 Å². The van der Waals surface area contributed by atoms with Crippen molar-refractivity contribution in [1.29, 1.82) is 0 Å². The molecule has 98 valence electrons. The number of carbonyl (C=O) groups is 1. The molecule has 0 spiro atoms. The summed E-state index contributed by atoms with van der Waals surface area (Å²) in [5.74, 6) is -0.935. The Hall–Kier alpha value is -1.45. The van der Waals surface area contributed by atoms with Crippen LogP contribution in [0, 0.1) is 17.6 Å². The number of amides is 1.